The van der Waals surface area contributed by atoms with Crippen LogP contribution < -0.4 is 10.6 Å². The number of nitrogens with zero attached hydrogens (tertiary/aromatic N) is 2. The van der Waals surface area contributed by atoms with Crippen LogP contribution in [-0.2, 0) is 6.42 Å². The van der Waals surface area contributed by atoms with Crippen molar-refractivity contribution in [1.82, 2.24) is 4.98 Å². The van der Waals surface area contributed by atoms with Crippen molar-refractivity contribution in [3.05, 3.63) is 75.8 Å². The molecule has 0 aliphatic rings. The van der Waals surface area contributed by atoms with Crippen LogP contribution in [0.25, 0.3) is 11.3 Å². The Bertz CT molecular complexity index is 1000. The Labute approximate surface area is 173 Å². The topological polar surface area (TPSA) is 79.5 Å². The van der Waals surface area contributed by atoms with Crippen molar-refractivity contribution in [2.45, 2.75) is 13.3 Å². The summed E-state index contributed by atoms with van der Waals surface area (Å²) in [5.74, 6) is 0.294. The predicted molar refractivity (Wildman–Crippen MR) is 113 cm³/mol. The number of para-hydroxylation sites is 1. The van der Waals surface area contributed by atoms with Gasteiger partial charge < -0.3 is 10.8 Å². The fraction of sp³-hybridized carbons (Fsp3) is 0.143. The average Bonchev–Trinajstić information content (AvgIpc) is 2.66. The molecule has 2 aromatic carbocycles. The van der Waals surface area contributed by atoms with Crippen molar-refractivity contribution in [3.8, 4) is 11.3 Å². The van der Waals surface area contributed by atoms with Crippen LogP contribution in [0.5, 0.6) is 0 Å². The third kappa shape index (κ3) is 3.97. The van der Waals surface area contributed by atoms with Gasteiger partial charge in [0.1, 0.15) is 5.82 Å². The van der Waals surface area contributed by atoms with Crippen LogP contribution in [0.4, 0.5) is 16.3 Å². The van der Waals surface area contributed by atoms with E-state index in [1.165, 1.54) is 4.90 Å². The van der Waals surface area contributed by atoms with E-state index >= 15 is 0 Å². The van der Waals surface area contributed by atoms with E-state index in [1.807, 2.05) is 37.3 Å². The zero-order valence-corrected chi connectivity index (χ0v) is 16.7. The Morgan fingerprint density at radius 2 is 1.75 bits per heavy atom. The van der Waals surface area contributed by atoms with Gasteiger partial charge in [0, 0.05) is 12.2 Å². The van der Waals surface area contributed by atoms with Gasteiger partial charge in [-0.3, -0.25) is 0 Å². The molecule has 1 aromatic heterocycles. The molecule has 0 atom stereocenters. The second-order valence-electron chi connectivity index (χ2n) is 6.21. The Morgan fingerprint density at radius 1 is 1.07 bits per heavy atom. The van der Waals surface area contributed by atoms with Gasteiger partial charge in [0.15, 0.2) is 0 Å². The van der Waals surface area contributed by atoms with Gasteiger partial charge in [0.25, 0.3) is 0 Å². The molecule has 0 bridgehead atoms. The molecule has 0 unspecified atom stereocenters. The summed E-state index contributed by atoms with van der Waals surface area (Å²) in [5, 5.41) is 10.00. The summed E-state index contributed by atoms with van der Waals surface area (Å²) in [4.78, 5) is 18.2. The largest absolute Gasteiger partial charge is 0.396 e. The molecular formula is C21H19Cl2N3O2. The van der Waals surface area contributed by atoms with E-state index in [-0.39, 0.29) is 22.3 Å². The minimum absolute atomic E-state index is 0.0181. The van der Waals surface area contributed by atoms with Crippen molar-refractivity contribution in [2.24, 2.45) is 5.73 Å². The first kappa shape index (κ1) is 20.1. The van der Waals surface area contributed by atoms with Crippen LogP contribution in [0.1, 0.15) is 11.1 Å². The molecule has 0 aliphatic carbocycles. The molecule has 1 heterocycles. The molecule has 28 heavy (non-hydrogen) atoms. The molecule has 3 N–H and O–H groups in total. The number of aliphatic hydroxyl groups is 1. The van der Waals surface area contributed by atoms with Crippen LogP contribution in [0.2, 0.25) is 10.0 Å². The zero-order valence-electron chi connectivity index (χ0n) is 15.2. The Morgan fingerprint density at radius 3 is 2.36 bits per heavy atom. The number of hydrogen-bond acceptors (Lipinski definition) is 3. The molecule has 0 saturated carbocycles. The highest BCUT2D eigenvalue weighted by molar-refractivity contribution is 6.40. The Kier molecular flexibility index (Phi) is 6.19. The number of aryl methyl sites for hydroxylation is 1. The van der Waals surface area contributed by atoms with Gasteiger partial charge >= 0.3 is 6.03 Å². The minimum Gasteiger partial charge on any atom is -0.396 e. The summed E-state index contributed by atoms with van der Waals surface area (Å²) in [6, 6.07) is 15.4. The number of primary amides is 1. The van der Waals surface area contributed by atoms with Crippen LogP contribution in [0, 0.1) is 6.92 Å². The number of urea groups is 1. The van der Waals surface area contributed by atoms with Crippen molar-refractivity contribution in [3.63, 3.8) is 0 Å². The van der Waals surface area contributed by atoms with E-state index in [9.17, 15) is 9.90 Å². The molecule has 7 heteroatoms. The van der Waals surface area contributed by atoms with E-state index in [2.05, 4.69) is 0 Å². The van der Waals surface area contributed by atoms with Gasteiger partial charge in [0.2, 0.25) is 0 Å². The number of hydrogen-bond donors (Lipinski definition) is 2. The van der Waals surface area contributed by atoms with E-state index in [0.717, 1.165) is 16.7 Å². The molecule has 2 amide bonds. The number of anilines is 2. The first-order valence-corrected chi connectivity index (χ1v) is 9.40. The van der Waals surface area contributed by atoms with Gasteiger partial charge in [0.05, 0.1) is 21.4 Å². The Hall–Kier alpha value is -2.60. The van der Waals surface area contributed by atoms with E-state index in [1.54, 1.807) is 24.3 Å². The van der Waals surface area contributed by atoms with E-state index in [4.69, 9.17) is 33.9 Å². The summed E-state index contributed by atoms with van der Waals surface area (Å²) in [6.45, 7) is 1.96. The highest BCUT2D eigenvalue weighted by Gasteiger charge is 2.23. The molecule has 3 aromatic rings. The van der Waals surface area contributed by atoms with Gasteiger partial charge in [-0.2, -0.15) is 0 Å². The molecule has 0 aliphatic heterocycles. The van der Waals surface area contributed by atoms with E-state index in [0.29, 0.717) is 17.9 Å². The number of pyridine rings is 1. The van der Waals surface area contributed by atoms with Gasteiger partial charge in [-0.15, -0.1) is 0 Å². The quantitative estimate of drug-likeness (QED) is 0.606. The molecule has 3 rings (SSSR count). The van der Waals surface area contributed by atoms with Crippen molar-refractivity contribution in [1.29, 1.82) is 0 Å². The first-order chi connectivity index (χ1) is 13.4. The number of aliphatic hydroxyl groups excluding tert-OH is 1. The van der Waals surface area contributed by atoms with Crippen LogP contribution >= 0.6 is 23.2 Å². The second kappa shape index (κ2) is 8.61. The van der Waals surface area contributed by atoms with Crippen molar-refractivity contribution >= 4 is 40.7 Å². The lowest BCUT2D eigenvalue weighted by molar-refractivity contribution is 0.256. The maximum atomic E-state index is 12.3. The van der Waals surface area contributed by atoms with Crippen LogP contribution in [-0.4, -0.2) is 22.7 Å². The number of rotatable bonds is 5. The van der Waals surface area contributed by atoms with Crippen LogP contribution in [0.3, 0.4) is 0 Å². The highest BCUT2D eigenvalue weighted by Crippen LogP contribution is 2.38. The average molecular weight is 416 g/mol. The lowest BCUT2D eigenvalue weighted by atomic mass is 9.99. The number of aromatic nitrogens is 1. The second-order valence-corrected chi connectivity index (χ2v) is 7.02. The summed E-state index contributed by atoms with van der Waals surface area (Å²) < 4.78 is 0. The Balaban J connectivity index is 2.22. The maximum Gasteiger partial charge on any atom is 0.325 e. The van der Waals surface area contributed by atoms with Gasteiger partial charge in [-0.05, 0) is 42.7 Å². The zero-order chi connectivity index (χ0) is 20.3. The summed E-state index contributed by atoms with van der Waals surface area (Å²) in [5.41, 5.74) is 9.37. The lowest BCUT2D eigenvalue weighted by Crippen LogP contribution is -2.32. The fourth-order valence-electron chi connectivity index (χ4n) is 3.04. The fourth-order valence-corrected chi connectivity index (χ4v) is 3.60. The molecule has 5 nitrogen and oxygen atoms in total. The standard InChI is InChI=1S/C21H19Cl2N3O2/c1-13-5-2-3-6-15(13)19-14(11-12-27)9-10-18(25-19)26(21(24)28)20-16(22)7-4-8-17(20)23/h2-10,27H,11-12H2,1H3,(H2,24,28). The number of amides is 2. The van der Waals surface area contributed by atoms with Crippen molar-refractivity contribution < 1.29 is 9.90 Å². The third-order valence-electron chi connectivity index (χ3n) is 4.36. The maximum absolute atomic E-state index is 12.3. The number of nitrogens with two attached hydrogens (primary N) is 1. The molecule has 0 saturated heterocycles. The summed E-state index contributed by atoms with van der Waals surface area (Å²) >= 11 is 12.6. The summed E-state index contributed by atoms with van der Waals surface area (Å²) in [6.07, 6.45) is 0.431. The highest BCUT2D eigenvalue weighted by atomic mass is 35.5. The van der Waals surface area contributed by atoms with E-state index < -0.39 is 6.03 Å². The number of carbonyl (C=O) groups is 1. The monoisotopic (exact) mass is 415 g/mol. The smallest absolute Gasteiger partial charge is 0.325 e. The molecule has 0 fully saturated rings. The SMILES string of the molecule is Cc1ccccc1-c1nc(N(C(N)=O)c2c(Cl)cccc2Cl)ccc1CCO. The number of carbonyl (C=O) groups excluding carboxylic acids is 1. The minimum atomic E-state index is -0.756. The normalized spacial score (nSPS) is 10.7. The van der Waals surface area contributed by atoms with Gasteiger partial charge in [-0.25, -0.2) is 14.7 Å². The van der Waals surface area contributed by atoms with Crippen molar-refractivity contribution in [2.75, 3.05) is 11.5 Å². The van der Waals surface area contributed by atoms with Crippen LogP contribution in [0.15, 0.2) is 54.6 Å². The molecule has 0 spiro atoms. The number of benzene rings is 2. The molecule has 144 valence electrons. The first-order valence-electron chi connectivity index (χ1n) is 8.64. The summed E-state index contributed by atoms with van der Waals surface area (Å²) in [7, 11) is 0. The number of halogens is 2. The third-order valence-corrected chi connectivity index (χ3v) is 4.97. The molecule has 0 radical (unpaired) electrons. The predicted octanol–water partition coefficient (Wildman–Crippen LogP) is 5.12. The van der Waals surface area contributed by atoms with Gasteiger partial charge in [-0.1, -0.05) is 59.6 Å². The lowest BCUT2D eigenvalue weighted by Gasteiger charge is -2.23. The molecular weight excluding hydrogens is 397 g/mol.